The fourth-order valence-corrected chi connectivity index (χ4v) is 2.41. The average Bonchev–Trinajstić information content (AvgIpc) is 2.66. The number of benzene rings is 3. The van der Waals surface area contributed by atoms with Gasteiger partial charge in [0.05, 0.1) is 27.7 Å². The van der Waals surface area contributed by atoms with E-state index >= 15 is 0 Å². The molecule has 0 unspecified atom stereocenters. The zero-order valence-corrected chi connectivity index (χ0v) is 14.5. The van der Waals surface area contributed by atoms with E-state index in [1.807, 2.05) is 12.1 Å². The van der Waals surface area contributed by atoms with Crippen LogP contribution in [0.1, 0.15) is 11.1 Å². The third-order valence-electron chi connectivity index (χ3n) is 3.33. The quantitative estimate of drug-likeness (QED) is 0.566. The Hall–Kier alpha value is -3.28. The minimum Gasteiger partial charge on any atom is -0.457 e. The molecular formula is C20H11BrN2O2. The molecule has 0 aromatic heterocycles. The second-order valence-electron chi connectivity index (χ2n) is 5.07. The zero-order chi connectivity index (χ0) is 17.6. The maximum Gasteiger partial charge on any atom is 0.145 e. The van der Waals surface area contributed by atoms with Gasteiger partial charge in [-0.1, -0.05) is 0 Å². The van der Waals surface area contributed by atoms with Gasteiger partial charge in [-0.15, -0.1) is 0 Å². The van der Waals surface area contributed by atoms with Crippen LogP contribution >= 0.6 is 15.9 Å². The van der Waals surface area contributed by atoms with Crippen LogP contribution in [-0.4, -0.2) is 0 Å². The summed E-state index contributed by atoms with van der Waals surface area (Å²) in [7, 11) is 0. The van der Waals surface area contributed by atoms with E-state index in [4.69, 9.17) is 20.0 Å². The van der Waals surface area contributed by atoms with Gasteiger partial charge in [0, 0.05) is 6.07 Å². The molecule has 0 fully saturated rings. The van der Waals surface area contributed by atoms with E-state index in [2.05, 4.69) is 28.1 Å². The highest BCUT2D eigenvalue weighted by Gasteiger charge is 2.07. The van der Waals surface area contributed by atoms with Crippen LogP contribution in [0.15, 0.2) is 71.2 Å². The van der Waals surface area contributed by atoms with Crippen molar-refractivity contribution in [2.45, 2.75) is 0 Å². The van der Waals surface area contributed by atoms with E-state index in [-0.39, 0.29) is 0 Å². The lowest BCUT2D eigenvalue weighted by molar-refractivity contribution is 0.458. The summed E-state index contributed by atoms with van der Waals surface area (Å²) >= 11 is 3.45. The monoisotopic (exact) mass is 390 g/mol. The van der Waals surface area contributed by atoms with Gasteiger partial charge in [0.25, 0.3) is 0 Å². The van der Waals surface area contributed by atoms with E-state index < -0.39 is 0 Å². The van der Waals surface area contributed by atoms with Crippen LogP contribution in [0.5, 0.6) is 23.0 Å². The van der Waals surface area contributed by atoms with Gasteiger partial charge in [-0.3, -0.25) is 0 Å². The lowest BCUT2D eigenvalue weighted by Crippen LogP contribution is -1.89. The van der Waals surface area contributed by atoms with E-state index in [0.29, 0.717) is 34.1 Å². The maximum atomic E-state index is 8.84. The minimum atomic E-state index is 0.573. The summed E-state index contributed by atoms with van der Waals surface area (Å²) in [5, 5.41) is 17.7. The lowest BCUT2D eigenvalue weighted by Gasteiger charge is -2.11. The first-order valence-electron chi connectivity index (χ1n) is 7.33. The topological polar surface area (TPSA) is 66.0 Å². The molecule has 3 rings (SSSR count). The summed E-state index contributed by atoms with van der Waals surface area (Å²) < 4.78 is 12.4. The Balaban J connectivity index is 1.79. The third kappa shape index (κ3) is 4.17. The highest BCUT2D eigenvalue weighted by Crippen LogP contribution is 2.34. The average molecular weight is 391 g/mol. The predicted molar refractivity (Wildman–Crippen MR) is 96.6 cm³/mol. The molecule has 120 valence electrons. The van der Waals surface area contributed by atoms with Gasteiger partial charge in [0.1, 0.15) is 23.0 Å². The zero-order valence-electron chi connectivity index (χ0n) is 12.9. The van der Waals surface area contributed by atoms with Crippen molar-refractivity contribution >= 4 is 15.9 Å². The van der Waals surface area contributed by atoms with Crippen molar-refractivity contribution in [1.82, 2.24) is 0 Å². The molecule has 0 bridgehead atoms. The van der Waals surface area contributed by atoms with Gasteiger partial charge in [0.2, 0.25) is 0 Å². The summed E-state index contributed by atoms with van der Waals surface area (Å²) in [6.07, 6.45) is 0. The molecule has 25 heavy (non-hydrogen) atoms. The van der Waals surface area contributed by atoms with Gasteiger partial charge in [-0.2, -0.15) is 10.5 Å². The number of ether oxygens (including phenoxy) is 2. The Bertz CT molecular complexity index is 969. The summed E-state index contributed by atoms with van der Waals surface area (Å²) in [5.74, 6) is 2.45. The summed E-state index contributed by atoms with van der Waals surface area (Å²) in [6, 6.07) is 23.3. The Kier molecular flexibility index (Phi) is 4.99. The normalized spacial score (nSPS) is 9.72. The van der Waals surface area contributed by atoms with Gasteiger partial charge in [-0.05, 0) is 76.6 Å². The molecule has 0 saturated heterocycles. The molecule has 3 aromatic rings. The van der Waals surface area contributed by atoms with Crippen molar-refractivity contribution in [3.8, 4) is 35.1 Å². The largest absolute Gasteiger partial charge is 0.457 e. The molecule has 3 aromatic carbocycles. The standard InChI is InChI=1S/C20H11BrN2O2/c21-19-10-9-18(24-16-5-1-14(12-22)2-6-16)11-20(19)25-17-7-3-15(13-23)4-8-17/h1-11H. The molecule has 0 N–H and O–H groups in total. The maximum absolute atomic E-state index is 8.84. The first-order valence-corrected chi connectivity index (χ1v) is 8.13. The van der Waals surface area contributed by atoms with Crippen molar-refractivity contribution in [1.29, 1.82) is 10.5 Å². The fraction of sp³-hybridized carbons (Fsp3) is 0. The highest BCUT2D eigenvalue weighted by atomic mass is 79.9. The molecule has 0 saturated carbocycles. The molecule has 0 atom stereocenters. The van der Waals surface area contributed by atoms with Crippen LogP contribution in [0.4, 0.5) is 0 Å². The summed E-state index contributed by atoms with van der Waals surface area (Å²) in [4.78, 5) is 0. The Morgan fingerprint density at radius 2 is 1.12 bits per heavy atom. The van der Waals surface area contributed by atoms with Crippen LogP contribution in [-0.2, 0) is 0 Å². The van der Waals surface area contributed by atoms with Crippen molar-refractivity contribution in [3.05, 3.63) is 82.3 Å². The second-order valence-corrected chi connectivity index (χ2v) is 5.92. The molecule has 0 aliphatic rings. The number of hydrogen-bond donors (Lipinski definition) is 0. The first kappa shape index (κ1) is 16.6. The number of halogens is 1. The van der Waals surface area contributed by atoms with Crippen LogP contribution in [0, 0.1) is 22.7 Å². The van der Waals surface area contributed by atoms with Crippen molar-refractivity contribution < 1.29 is 9.47 Å². The fourth-order valence-electron chi connectivity index (χ4n) is 2.08. The Morgan fingerprint density at radius 3 is 1.64 bits per heavy atom. The van der Waals surface area contributed by atoms with Gasteiger partial charge < -0.3 is 9.47 Å². The SMILES string of the molecule is N#Cc1ccc(Oc2ccc(Br)c(Oc3ccc(C#N)cc3)c2)cc1. The smallest absolute Gasteiger partial charge is 0.145 e. The van der Waals surface area contributed by atoms with E-state index in [1.165, 1.54) is 0 Å². The predicted octanol–water partition coefficient (Wildman–Crippen LogP) is 5.78. The number of nitriles is 2. The molecule has 0 amide bonds. The molecule has 0 aliphatic carbocycles. The number of rotatable bonds is 4. The lowest BCUT2D eigenvalue weighted by atomic mass is 10.2. The van der Waals surface area contributed by atoms with E-state index in [9.17, 15) is 0 Å². The summed E-state index contributed by atoms with van der Waals surface area (Å²) in [5.41, 5.74) is 1.15. The van der Waals surface area contributed by atoms with Crippen molar-refractivity contribution in [2.75, 3.05) is 0 Å². The Labute approximate surface area is 153 Å². The molecule has 0 radical (unpaired) electrons. The van der Waals surface area contributed by atoms with Gasteiger partial charge >= 0.3 is 0 Å². The van der Waals surface area contributed by atoms with Crippen LogP contribution in [0.25, 0.3) is 0 Å². The first-order chi connectivity index (χ1) is 12.2. The molecule has 4 nitrogen and oxygen atoms in total. The van der Waals surface area contributed by atoms with E-state index in [0.717, 1.165) is 4.47 Å². The highest BCUT2D eigenvalue weighted by molar-refractivity contribution is 9.10. The third-order valence-corrected chi connectivity index (χ3v) is 3.99. The van der Waals surface area contributed by atoms with Gasteiger partial charge in [0.15, 0.2) is 0 Å². The van der Waals surface area contributed by atoms with E-state index in [1.54, 1.807) is 54.6 Å². The van der Waals surface area contributed by atoms with Gasteiger partial charge in [-0.25, -0.2) is 0 Å². The Morgan fingerprint density at radius 1 is 0.640 bits per heavy atom. The molecule has 0 heterocycles. The van der Waals surface area contributed by atoms with Crippen LogP contribution in [0.3, 0.4) is 0 Å². The number of nitrogens with zero attached hydrogens (tertiary/aromatic N) is 2. The number of hydrogen-bond acceptors (Lipinski definition) is 4. The molecule has 5 heteroatoms. The summed E-state index contributed by atoms with van der Waals surface area (Å²) in [6.45, 7) is 0. The molecule has 0 aliphatic heterocycles. The second kappa shape index (κ2) is 7.53. The molecule has 0 spiro atoms. The van der Waals surface area contributed by atoms with Crippen molar-refractivity contribution in [2.24, 2.45) is 0 Å². The van der Waals surface area contributed by atoms with Crippen LogP contribution < -0.4 is 9.47 Å². The van der Waals surface area contributed by atoms with Crippen molar-refractivity contribution in [3.63, 3.8) is 0 Å². The van der Waals surface area contributed by atoms with Crippen LogP contribution in [0.2, 0.25) is 0 Å². The molecular weight excluding hydrogens is 380 g/mol. The minimum absolute atomic E-state index is 0.573.